The summed E-state index contributed by atoms with van der Waals surface area (Å²) in [5, 5.41) is 0. The summed E-state index contributed by atoms with van der Waals surface area (Å²) in [6.07, 6.45) is 1.53. The molecule has 4 nitrogen and oxygen atoms in total. The molecule has 0 radical (unpaired) electrons. The third-order valence-corrected chi connectivity index (χ3v) is 4.64. The Morgan fingerprint density at radius 3 is 2.32 bits per heavy atom. The van der Waals surface area contributed by atoms with E-state index in [2.05, 4.69) is 6.07 Å². The number of amides is 1. The molecule has 0 bridgehead atoms. The zero-order chi connectivity index (χ0) is 16.3. The van der Waals surface area contributed by atoms with Crippen LogP contribution < -0.4 is 4.74 Å². The molecule has 1 aliphatic rings. The number of aryl methyl sites for hydroxylation is 2. The molecule has 1 aromatic rings. The first kappa shape index (κ1) is 16.5. The Balaban J connectivity index is 1.92. The second-order valence-corrected chi connectivity index (χ2v) is 6.21. The van der Waals surface area contributed by atoms with E-state index in [1.165, 1.54) is 0 Å². The van der Waals surface area contributed by atoms with Gasteiger partial charge < -0.3 is 9.64 Å². The topological polar surface area (TPSA) is 46.6 Å². The molecule has 1 aliphatic heterocycles. The predicted octanol–water partition coefficient (Wildman–Crippen LogP) is 2.82. The van der Waals surface area contributed by atoms with Crippen LogP contribution in [0, 0.1) is 26.7 Å². The maximum atomic E-state index is 12.3. The molecular formula is C18H25NO3. The number of ether oxygens (including phenoxy) is 1. The van der Waals surface area contributed by atoms with E-state index in [1.807, 2.05) is 26.8 Å². The lowest BCUT2D eigenvalue weighted by Gasteiger charge is -2.31. The van der Waals surface area contributed by atoms with E-state index in [0.717, 1.165) is 35.3 Å². The summed E-state index contributed by atoms with van der Waals surface area (Å²) in [5.74, 6) is 1.16. The molecule has 1 aromatic carbocycles. The van der Waals surface area contributed by atoms with Gasteiger partial charge in [-0.2, -0.15) is 0 Å². The number of rotatable bonds is 4. The molecule has 0 spiro atoms. The first-order valence-electron chi connectivity index (χ1n) is 7.88. The number of nitrogens with zero attached hydrogens (tertiary/aromatic N) is 1. The average Bonchev–Trinajstić information content (AvgIpc) is 2.51. The number of carbonyl (C=O) groups is 2. The number of piperidine rings is 1. The van der Waals surface area contributed by atoms with Gasteiger partial charge in [-0.1, -0.05) is 12.1 Å². The van der Waals surface area contributed by atoms with E-state index in [1.54, 1.807) is 11.8 Å². The Hall–Kier alpha value is -1.84. The predicted molar refractivity (Wildman–Crippen MR) is 86.1 cm³/mol. The Labute approximate surface area is 132 Å². The zero-order valence-electron chi connectivity index (χ0n) is 13.9. The van der Waals surface area contributed by atoms with Crippen LogP contribution in [0.4, 0.5) is 0 Å². The molecule has 0 aliphatic carbocycles. The SMILES string of the molecule is CC(=O)C1CCN(C(=O)COc2c(C)ccc(C)c2C)CC1. The molecule has 1 fully saturated rings. The number of benzene rings is 1. The number of hydrogen-bond donors (Lipinski definition) is 0. The lowest BCUT2D eigenvalue weighted by molar-refractivity contribution is -0.136. The van der Waals surface area contributed by atoms with Gasteiger partial charge in [-0.15, -0.1) is 0 Å². The summed E-state index contributed by atoms with van der Waals surface area (Å²) in [4.78, 5) is 25.4. The van der Waals surface area contributed by atoms with Crippen molar-refractivity contribution in [1.29, 1.82) is 0 Å². The number of hydrogen-bond acceptors (Lipinski definition) is 3. The van der Waals surface area contributed by atoms with E-state index in [-0.39, 0.29) is 24.2 Å². The van der Waals surface area contributed by atoms with Crippen molar-refractivity contribution in [2.75, 3.05) is 19.7 Å². The first-order valence-corrected chi connectivity index (χ1v) is 7.88. The average molecular weight is 303 g/mol. The molecule has 120 valence electrons. The van der Waals surface area contributed by atoms with Gasteiger partial charge in [0.1, 0.15) is 11.5 Å². The van der Waals surface area contributed by atoms with Crippen molar-refractivity contribution >= 4 is 11.7 Å². The molecule has 0 unspecified atom stereocenters. The number of carbonyl (C=O) groups excluding carboxylic acids is 2. The van der Waals surface area contributed by atoms with Crippen molar-refractivity contribution in [2.45, 2.75) is 40.5 Å². The van der Waals surface area contributed by atoms with Crippen molar-refractivity contribution in [3.63, 3.8) is 0 Å². The highest BCUT2D eigenvalue weighted by atomic mass is 16.5. The number of Topliss-reactive ketones (excluding diaryl/α,β-unsaturated/α-hetero) is 1. The van der Waals surface area contributed by atoms with Crippen LogP contribution in [0.3, 0.4) is 0 Å². The van der Waals surface area contributed by atoms with Crippen LogP contribution in [0.2, 0.25) is 0 Å². The van der Waals surface area contributed by atoms with E-state index >= 15 is 0 Å². The van der Waals surface area contributed by atoms with Crippen LogP contribution in [0.5, 0.6) is 5.75 Å². The highest BCUT2D eigenvalue weighted by molar-refractivity contribution is 5.80. The van der Waals surface area contributed by atoms with Crippen LogP contribution in [-0.4, -0.2) is 36.3 Å². The van der Waals surface area contributed by atoms with Gasteiger partial charge in [-0.25, -0.2) is 0 Å². The van der Waals surface area contributed by atoms with Crippen molar-refractivity contribution in [2.24, 2.45) is 5.92 Å². The Morgan fingerprint density at radius 1 is 1.14 bits per heavy atom. The van der Waals surface area contributed by atoms with Gasteiger partial charge in [0.05, 0.1) is 0 Å². The minimum absolute atomic E-state index is 0.00214. The Kier molecular flexibility index (Phi) is 5.22. The second-order valence-electron chi connectivity index (χ2n) is 6.21. The first-order chi connectivity index (χ1) is 10.4. The number of ketones is 1. The summed E-state index contributed by atoms with van der Waals surface area (Å²) >= 11 is 0. The van der Waals surface area contributed by atoms with Crippen molar-refractivity contribution in [3.8, 4) is 5.75 Å². The second kappa shape index (κ2) is 6.95. The van der Waals surface area contributed by atoms with Gasteiger partial charge in [0.2, 0.25) is 0 Å². The normalized spacial score (nSPS) is 15.7. The highest BCUT2D eigenvalue weighted by Gasteiger charge is 2.25. The van der Waals surface area contributed by atoms with E-state index < -0.39 is 0 Å². The quantitative estimate of drug-likeness (QED) is 0.859. The van der Waals surface area contributed by atoms with Gasteiger partial charge in [-0.05, 0) is 57.2 Å². The third kappa shape index (κ3) is 3.67. The molecular weight excluding hydrogens is 278 g/mol. The fourth-order valence-corrected chi connectivity index (χ4v) is 2.91. The summed E-state index contributed by atoms with van der Waals surface area (Å²) in [6, 6.07) is 4.08. The Bertz CT molecular complexity index is 572. The van der Waals surface area contributed by atoms with Gasteiger partial charge in [-0.3, -0.25) is 9.59 Å². The molecule has 0 N–H and O–H groups in total. The fourth-order valence-electron chi connectivity index (χ4n) is 2.91. The molecule has 4 heteroatoms. The van der Waals surface area contributed by atoms with E-state index in [9.17, 15) is 9.59 Å². The molecule has 0 atom stereocenters. The molecule has 1 heterocycles. The smallest absolute Gasteiger partial charge is 0.260 e. The lowest BCUT2D eigenvalue weighted by atomic mass is 9.93. The van der Waals surface area contributed by atoms with Crippen molar-refractivity contribution in [1.82, 2.24) is 4.90 Å². The van der Waals surface area contributed by atoms with Gasteiger partial charge >= 0.3 is 0 Å². The molecule has 22 heavy (non-hydrogen) atoms. The van der Waals surface area contributed by atoms with Gasteiger partial charge in [0.15, 0.2) is 6.61 Å². The fraction of sp³-hybridized carbons (Fsp3) is 0.556. The van der Waals surface area contributed by atoms with Crippen LogP contribution in [0.1, 0.15) is 36.5 Å². The van der Waals surface area contributed by atoms with Crippen LogP contribution >= 0.6 is 0 Å². The van der Waals surface area contributed by atoms with Crippen LogP contribution in [0.15, 0.2) is 12.1 Å². The van der Waals surface area contributed by atoms with E-state index in [0.29, 0.717) is 13.1 Å². The van der Waals surface area contributed by atoms with E-state index in [4.69, 9.17) is 4.74 Å². The maximum absolute atomic E-state index is 12.3. The lowest BCUT2D eigenvalue weighted by Crippen LogP contribution is -2.42. The molecule has 0 aromatic heterocycles. The summed E-state index contributed by atoms with van der Waals surface area (Å²) < 4.78 is 5.78. The highest BCUT2D eigenvalue weighted by Crippen LogP contribution is 2.26. The van der Waals surface area contributed by atoms with Gasteiger partial charge in [0.25, 0.3) is 5.91 Å². The monoisotopic (exact) mass is 303 g/mol. The summed E-state index contributed by atoms with van der Waals surface area (Å²) in [6.45, 7) is 9.04. The number of likely N-dealkylation sites (tertiary alicyclic amines) is 1. The van der Waals surface area contributed by atoms with Crippen LogP contribution in [0.25, 0.3) is 0 Å². The molecule has 0 saturated carbocycles. The van der Waals surface area contributed by atoms with Crippen molar-refractivity contribution < 1.29 is 14.3 Å². The minimum atomic E-state index is 0.00214. The van der Waals surface area contributed by atoms with Gasteiger partial charge in [0, 0.05) is 19.0 Å². The standard InChI is InChI=1S/C18H25NO3/c1-12-5-6-13(2)18(14(12)3)22-11-17(21)19-9-7-16(8-10-19)15(4)20/h5-6,16H,7-11H2,1-4H3. The maximum Gasteiger partial charge on any atom is 0.260 e. The molecule has 2 rings (SSSR count). The summed E-state index contributed by atoms with van der Waals surface area (Å²) in [5.41, 5.74) is 3.30. The third-order valence-electron chi connectivity index (χ3n) is 4.64. The zero-order valence-corrected chi connectivity index (χ0v) is 13.9. The Morgan fingerprint density at radius 2 is 1.73 bits per heavy atom. The summed E-state index contributed by atoms with van der Waals surface area (Å²) in [7, 11) is 0. The molecule has 1 saturated heterocycles. The minimum Gasteiger partial charge on any atom is -0.483 e. The molecule has 1 amide bonds. The largest absolute Gasteiger partial charge is 0.483 e. The van der Waals surface area contributed by atoms with Crippen LogP contribution in [-0.2, 0) is 9.59 Å². The van der Waals surface area contributed by atoms with Crippen molar-refractivity contribution in [3.05, 3.63) is 28.8 Å².